The number of fused-ring (bicyclic) bond motifs is 3. The number of carbonyl (C=O) groups is 1. The molecule has 36 heavy (non-hydrogen) atoms. The van der Waals surface area contributed by atoms with Crippen LogP contribution in [-0.4, -0.2) is 39.4 Å². The average Bonchev–Trinajstić information content (AvgIpc) is 3.41. The van der Waals surface area contributed by atoms with Crippen LogP contribution < -0.4 is 10.3 Å². The Morgan fingerprint density at radius 2 is 1.72 bits per heavy atom. The molecule has 0 aliphatic carbocycles. The summed E-state index contributed by atoms with van der Waals surface area (Å²) in [4.78, 5) is 25.2. The zero-order valence-corrected chi connectivity index (χ0v) is 19.8. The quantitative estimate of drug-likeness (QED) is 0.284. The molecule has 8 nitrogen and oxygen atoms in total. The van der Waals surface area contributed by atoms with Gasteiger partial charge >= 0.3 is 5.97 Å². The van der Waals surface area contributed by atoms with E-state index >= 15 is 0 Å². The number of aromatic nitrogens is 4. The highest BCUT2D eigenvalue weighted by Crippen LogP contribution is 2.16. The second-order valence-corrected chi connectivity index (χ2v) is 8.14. The molecule has 8 heteroatoms. The molecule has 0 N–H and O–H groups in total. The van der Waals surface area contributed by atoms with E-state index in [2.05, 4.69) is 22.0 Å². The number of benzene rings is 3. The van der Waals surface area contributed by atoms with Crippen molar-refractivity contribution in [3.63, 3.8) is 0 Å². The number of esters is 1. The SMILES string of the molecule is COC(=O)c1ccc(Cn2c(=O)c3cc(C#CCc4ccc(OC)cc4)ccc3n3cnnc23)cc1. The molecule has 0 fully saturated rings. The van der Waals surface area contributed by atoms with E-state index in [1.807, 2.05) is 36.4 Å². The molecular weight excluding hydrogens is 456 g/mol. The predicted octanol–water partition coefficient (Wildman–Crippen LogP) is 3.48. The van der Waals surface area contributed by atoms with E-state index in [1.54, 1.807) is 52.7 Å². The van der Waals surface area contributed by atoms with E-state index in [0.717, 1.165) is 22.4 Å². The normalized spacial score (nSPS) is 10.7. The van der Waals surface area contributed by atoms with Crippen LogP contribution in [0.15, 0.2) is 77.9 Å². The zero-order chi connectivity index (χ0) is 25.1. The number of nitrogens with zero attached hydrogens (tertiary/aromatic N) is 4. The van der Waals surface area contributed by atoms with Crippen LogP contribution >= 0.6 is 0 Å². The van der Waals surface area contributed by atoms with Gasteiger partial charge in [0.15, 0.2) is 0 Å². The molecule has 0 aliphatic heterocycles. The maximum absolute atomic E-state index is 13.5. The molecule has 2 aromatic heterocycles. The molecule has 0 amide bonds. The van der Waals surface area contributed by atoms with E-state index < -0.39 is 5.97 Å². The Balaban J connectivity index is 1.49. The Hall–Kier alpha value is -4.90. The summed E-state index contributed by atoms with van der Waals surface area (Å²) >= 11 is 0. The van der Waals surface area contributed by atoms with Crippen LogP contribution in [0.25, 0.3) is 16.7 Å². The predicted molar refractivity (Wildman–Crippen MR) is 135 cm³/mol. The highest BCUT2D eigenvalue weighted by Gasteiger charge is 2.14. The van der Waals surface area contributed by atoms with Crippen LogP contribution in [0.3, 0.4) is 0 Å². The Labute approximate surface area is 206 Å². The van der Waals surface area contributed by atoms with Gasteiger partial charge in [0.25, 0.3) is 5.56 Å². The molecule has 0 spiro atoms. The van der Waals surface area contributed by atoms with Crippen molar-refractivity contribution in [1.29, 1.82) is 0 Å². The van der Waals surface area contributed by atoms with Crippen molar-refractivity contribution in [2.24, 2.45) is 0 Å². The van der Waals surface area contributed by atoms with Crippen molar-refractivity contribution in [2.75, 3.05) is 14.2 Å². The summed E-state index contributed by atoms with van der Waals surface area (Å²) < 4.78 is 13.3. The summed E-state index contributed by atoms with van der Waals surface area (Å²) in [6, 6.07) is 20.2. The van der Waals surface area contributed by atoms with Gasteiger partial charge < -0.3 is 9.47 Å². The first-order valence-electron chi connectivity index (χ1n) is 11.2. The van der Waals surface area contributed by atoms with Gasteiger partial charge in [-0.25, -0.2) is 4.79 Å². The van der Waals surface area contributed by atoms with Crippen LogP contribution in [0.1, 0.15) is 27.0 Å². The molecule has 178 valence electrons. The Bertz CT molecular complexity index is 1690. The third-order valence-electron chi connectivity index (χ3n) is 5.90. The largest absolute Gasteiger partial charge is 0.497 e. The van der Waals surface area contributed by atoms with Gasteiger partial charge in [-0.05, 0) is 53.6 Å². The van der Waals surface area contributed by atoms with Gasteiger partial charge in [-0.15, -0.1) is 10.2 Å². The molecular formula is C28H22N4O4. The van der Waals surface area contributed by atoms with Crippen LogP contribution in [0, 0.1) is 11.8 Å². The topological polar surface area (TPSA) is 87.7 Å². The molecule has 0 radical (unpaired) electrons. The second-order valence-electron chi connectivity index (χ2n) is 8.14. The monoisotopic (exact) mass is 478 g/mol. The van der Waals surface area contributed by atoms with E-state index in [-0.39, 0.29) is 12.1 Å². The molecule has 3 aromatic carbocycles. The lowest BCUT2D eigenvalue weighted by atomic mass is 10.1. The summed E-state index contributed by atoms with van der Waals surface area (Å²) in [5.41, 5.74) is 3.62. The average molecular weight is 479 g/mol. The molecule has 0 bridgehead atoms. The first kappa shape index (κ1) is 22.9. The van der Waals surface area contributed by atoms with E-state index in [9.17, 15) is 9.59 Å². The maximum atomic E-state index is 13.5. The number of ether oxygens (including phenoxy) is 2. The molecule has 0 atom stereocenters. The standard InChI is InChI=1S/C28H22N4O4/c1-35-23-13-8-19(9-14-23)4-3-5-20-10-15-25-24(16-20)26(33)31(28-30-29-18-32(25)28)17-21-6-11-22(12-7-21)27(34)36-2/h6-16,18H,4,17H2,1-2H3. The fourth-order valence-corrected chi connectivity index (χ4v) is 4.00. The Morgan fingerprint density at radius 1 is 0.972 bits per heavy atom. The van der Waals surface area contributed by atoms with Crippen LogP contribution in [-0.2, 0) is 17.7 Å². The number of hydrogen-bond acceptors (Lipinski definition) is 6. The summed E-state index contributed by atoms with van der Waals surface area (Å²) in [7, 11) is 2.97. The first-order chi connectivity index (χ1) is 17.6. The minimum absolute atomic E-state index is 0.193. The second kappa shape index (κ2) is 9.76. The summed E-state index contributed by atoms with van der Waals surface area (Å²) in [6.07, 6.45) is 2.17. The lowest BCUT2D eigenvalue weighted by Crippen LogP contribution is -2.24. The third kappa shape index (κ3) is 4.42. The minimum atomic E-state index is -0.412. The highest BCUT2D eigenvalue weighted by molar-refractivity contribution is 5.89. The van der Waals surface area contributed by atoms with Crippen LogP contribution in [0.4, 0.5) is 0 Å². The van der Waals surface area contributed by atoms with Gasteiger partial charge in [-0.2, -0.15) is 0 Å². The van der Waals surface area contributed by atoms with Crippen LogP contribution in [0.2, 0.25) is 0 Å². The minimum Gasteiger partial charge on any atom is -0.497 e. The molecule has 5 aromatic rings. The van der Waals surface area contributed by atoms with Gasteiger partial charge in [0, 0.05) is 12.0 Å². The molecule has 0 aliphatic rings. The molecule has 5 rings (SSSR count). The van der Waals surface area contributed by atoms with Gasteiger partial charge in [-0.1, -0.05) is 36.1 Å². The zero-order valence-electron chi connectivity index (χ0n) is 19.8. The summed E-state index contributed by atoms with van der Waals surface area (Å²) in [5.74, 6) is 7.16. The fourth-order valence-electron chi connectivity index (χ4n) is 4.00. The van der Waals surface area contributed by atoms with Crippen molar-refractivity contribution in [1.82, 2.24) is 19.2 Å². The number of hydrogen-bond donors (Lipinski definition) is 0. The van der Waals surface area contributed by atoms with Crippen molar-refractivity contribution in [2.45, 2.75) is 13.0 Å². The van der Waals surface area contributed by atoms with E-state index in [0.29, 0.717) is 28.7 Å². The van der Waals surface area contributed by atoms with Crippen molar-refractivity contribution >= 4 is 22.6 Å². The smallest absolute Gasteiger partial charge is 0.337 e. The summed E-state index contributed by atoms with van der Waals surface area (Å²) in [6.45, 7) is 0.270. The fraction of sp³-hybridized carbons (Fsp3) is 0.143. The number of methoxy groups -OCH3 is 2. The van der Waals surface area contributed by atoms with E-state index in [1.165, 1.54) is 7.11 Å². The van der Waals surface area contributed by atoms with Gasteiger partial charge in [0.05, 0.1) is 37.2 Å². The van der Waals surface area contributed by atoms with Crippen molar-refractivity contribution in [3.05, 3.63) is 106 Å². The Morgan fingerprint density at radius 3 is 2.44 bits per heavy atom. The third-order valence-corrected chi connectivity index (χ3v) is 5.90. The lowest BCUT2D eigenvalue weighted by Gasteiger charge is -2.11. The number of carbonyl (C=O) groups excluding carboxylic acids is 1. The lowest BCUT2D eigenvalue weighted by molar-refractivity contribution is 0.0600. The molecule has 0 saturated heterocycles. The molecule has 0 saturated carbocycles. The van der Waals surface area contributed by atoms with E-state index in [4.69, 9.17) is 9.47 Å². The van der Waals surface area contributed by atoms with Crippen molar-refractivity contribution < 1.29 is 14.3 Å². The van der Waals surface area contributed by atoms with Crippen LogP contribution in [0.5, 0.6) is 5.75 Å². The Kier molecular flexibility index (Phi) is 6.20. The molecule has 2 heterocycles. The van der Waals surface area contributed by atoms with Crippen molar-refractivity contribution in [3.8, 4) is 17.6 Å². The van der Waals surface area contributed by atoms with Gasteiger partial charge in [-0.3, -0.25) is 13.8 Å². The first-order valence-corrected chi connectivity index (χ1v) is 11.2. The highest BCUT2D eigenvalue weighted by atomic mass is 16.5. The maximum Gasteiger partial charge on any atom is 0.337 e. The van der Waals surface area contributed by atoms with Gasteiger partial charge in [0.2, 0.25) is 5.78 Å². The number of rotatable bonds is 5. The van der Waals surface area contributed by atoms with Gasteiger partial charge in [0.1, 0.15) is 12.1 Å². The summed E-state index contributed by atoms with van der Waals surface area (Å²) in [5, 5.41) is 8.70. The molecule has 0 unspecified atom stereocenters.